The van der Waals surface area contributed by atoms with Crippen LogP contribution >= 0.6 is 11.3 Å². The molecule has 1 aliphatic heterocycles. The van der Waals surface area contributed by atoms with Gasteiger partial charge >= 0.3 is 0 Å². The molecule has 2 nitrogen and oxygen atoms in total. The second-order valence-electron chi connectivity index (χ2n) is 4.23. The maximum Gasteiger partial charge on any atom is 0.196 e. The van der Waals surface area contributed by atoms with Crippen molar-refractivity contribution in [2.45, 2.75) is 6.92 Å². The number of rotatable bonds is 1. The van der Waals surface area contributed by atoms with Crippen molar-refractivity contribution in [2.24, 2.45) is 0 Å². The molecule has 1 aromatic heterocycles. The summed E-state index contributed by atoms with van der Waals surface area (Å²) in [6, 6.07) is 11.5. The normalized spacial score (nSPS) is 16.5. The Morgan fingerprint density at radius 2 is 2.06 bits per heavy atom. The van der Waals surface area contributed by atoms with Crippen LogP contribution < -0.4 is 4.74 Å². The molecule has 0 atom stereocenters. The zero-order valence-electron chi connectivity index (χ0n) is 9.97. The third-order valence-electron chi connectivity index (χ3n) is 2.88. The number of fused-ring (bicyclic) bond motifs is 1. The minimum absolute atomic E-state index is 0.0721. The van der Waals surface area contributed by atoms with Crippen molar-refractivity contribution in [1.82, 2.24) is 0 Å². The summed E-state index contributed by atoms with van der Waals surface area (Å²) in [5.41, 5.74) is 1.37. The Bertz CT molecular complexity index is 637. The molecule has 0 saturated heterocycles. The highest BCUT2D eigenvalue weighted by Crippen LogP contribution is 2.28. The monoisotopic (exact) mass is 256 g/mol. The van der Waals surface area contributed by atoms with Gasteiger partial charge in [0.2, 0.25) is 0 Å². The van der Waals surface area contributed by atoms with Crippen LogP contribution in [0.25, 0.3) is 6.08 Å². The summed E-state index contributed by atoms with van der Waals surface area (Å²) < 4.78 is 5.60. The molecule has 0 bridgehead atoms. The van der Waals surface area contributed by atoms with Gasteiger partial charge in [0, 0.05) is 15.3 Å². The number of hydrogen-bond donors (Lipinski definition) is 0. The topological polar surface area (TPSA) is 26.3 Å². The SMILES string of the molecule is Cc1ccc(C=C2COc3ccccc3C2=O)s1. The largest absolute Gasteiger partial charge is 0.488 e. The van der Waals surface area contributed by atoms with E-state index in [1.165, 1.54) is 4.88 Å². The number of benzene rings is 1. The maximum absolute atomic E-state index is 12.3. The number of ether oxygens (including phenoxy) is 1. The molecule has 0 aliphatic carbocycles. The molecule has 0 saturated carbocycles. The lowest BCUT2D eigenvalue weighted by Crippen LogP contribution is -2.18. The Morgan fingerprint density at radius 3 is 2.83 bits per heavy atom. The number of carbonyl (C=O) groups excluding carboxylic acids is 1. The van der Waals surface area contributed by atoms with Crippen molar-refractivity contribution in [3.63, 3.8) is 0 Å². The molecule has 0 N–H and O–H groups in total. The third kappa shape index (κ3) is 1.97. The van der Waals surface area contributed by atoms with Crippen LogP contribution in [0.2, 0.25) is 0 Å². The van der Waals surface area contributed by atoms with E-state index in [9.17, 15) is 4.79 Å². The molecule has 0 spiro atoms. The highest BCUT2D eigenvalue weighted by molar-refractivity contribution is 7.12. The summed E-state index contributed by atoms with van der Waals surface area (Å²) >= 11 is 1.68. The molecule has 3 heteroatoms. The zero-order chi connectivity index (χ0) is 12.5. The van der Waals surface area contributed by atoms with Crippen LogP contribution in [0.3, 0.4) is 0 Å². The molecular formula is C15H12O2S. The van der Waals surface area contributed by atoms with Crippen LogP contribution in [0.4, 0.5) is 0 Å². The minimum Gasteiger partial charge on any atom is -0.488 e. The summed E-state index contributed by atoms with van der Waals surface area (Å²) in [5.74, 6) is 0.755. The molecule has 0 unspecified atom stereocenters. The van der Waals surface area contributed by atoms with Gasteiger partial charge in [-0.15, -0.1) is 11.3 Å². The molecule has 0 amide bonds. The van der Waals surface area contributed by atoms with Gasteiger partial charge in [0.05, 0.1) is 5.56 Å². The highest BCUT2D eigenvalue weighted by atomic mass is 32.1. The molecular weight excluding hydrogens is 244 g/mol. The quantitative estimate of drug-likeness (QED) is 0.727. The predicted molar refractivity (Wildman–Crippen MR) is 73.3 cm³/mol. The minimum atomic E-state index is 0.0721. The van der Waals surface area contributed by atoms with Gasteiger partial charge in [-0.25, -0.2) is 0 Å². The zero-order valence-corrected chi connectivity index (χ0v) is 10.8. The Morgan fingerprint density at radius 1 is 1.22 bits per heavy atom. The van der Waals surface area contributed by atoms with Gasteiger partial charge in [0.15, 0.2) is 5.78 Å². The van der Waals surface area contributed by atoms with Gasteiger partial charge < -0.3 is 4.74 Å². The summed E-state index contributed by atoms with van der Waals surface area (Å²) in [7, 11) is 0. The van der Waals surface area contributed by atoms with Crippen molar-refractivity contribution in [2.75, 3.05) is 6.61 Å². The lowest BCUT2D eigenvalue weighted by molar-refractivity contribution is 0.100. The number of carbonyl (C=O) groups is 1. The van der Waals surface area contributed by atoms with E-state index in [-0.39, 0.29) is 5.78 Å². The predicted octanol–water partition coefficient (Wildman–Crippen LogP) is 3.72. The summed E-state index contributed by atoms with van der Waals surface area (Å²) in [6.45, 7) is 2.41. The van der Waals surface area contributed by atoms with Crippen LogP contribution in [-0.2, 0) is 0 Å². The van der Waals surface area contributed by atoms with Crippen LogP contribution in [0.15, 0.2) is 42.0 Å². The van der Waals surface area contributed by atoms with Crippen molar-refractivity contribution in [1.29, 1.82) is 0 Å². The third-order valence-corrected chi connectivity index (χ3v) is 3.83. The Balaban J connectivity index is 1.98. The number of para-hydroxylation sites is 1. The molecule has 2 aromatic rings. The van der Waals surface area contributed by atoms with E-state index in [1.807, 2.05) is 36.4 Å². The Labute approximate surface area is 110 Å². The fourth-order valence-corrected chi connectivity index (χ4v) is 2.83. The fraction of sp³-hybridized carbons (Fsp3) is 0.133. The van der Waals surface area contributed by atoms with Crippen molar-refractivity contribution >= 4 is 23.2 Å². The van der Waals surface area contributed by atoms with Gasteiger partial charge in [0.25, 0.3) is 0 Å². The maximum atomic E-state index is 12.3. The van der Waals surface area contributed by atoms with Crippen LogP contribution in [-0.4, -0.2) is 12.4 Å². The average molecular weight is 256 g/mol. The second-order valence-corrected chi connectivity index (χ2v) is 5.55. The molecule has 3 rings (SSSR count). The Hall–Kier alpha value is -1.87. The van der Waals surface area contributed by atoms with E-state index in [4.69, 9.17) is 4.74 Å². The van der Waals surface area contributed by atoms with Crippen LogP contribution in [0.1, 0.15) is 20.1 Å². The smallest absolute Gasteiger partial charge is 0.196 e. The average Bonchev–Trinajstić information content (AvgIpc) is 2.79. The molecule has 1 aliphatic rings. The summed E-state index contributed by atoms with van der Waals surface area (Å²) in [6.07, 6.45) is 1.93. The van der Waals surface area contributed by atoms with Crippen molar-refractivity contribution < 1.29 is 9.53 Å². The van der Waals surface area contributed by atoms with Crippen LogP contribution in [0.5, 0.6) is 5.75 Å². The molecule has 90 valence electrons. The van der Waals surface area contributed by atoms with Gasteiger partial charge in [-0.2, -0.15) is 0 Å². The number of hydrogen-bond acceptors (Lipinski definition) is 3. The number of Topliss-reactive ketones (excluding diaryl/α,β-unsaturated/α-hetero) is 1. The molecule has 18 heavy (non-hydrogen) atoms. The van der Waals surface area contributed by atoms with Gasteiger partial charge in [-0.05, 0) is 37.3 Å². The Kier molecular flexibility index (Phi) is 2.76. The van der Waals surface area contributed by atoms with Gasteiger partial charge in [0.1, 0.15) is 12.4 Å². The lowest BCUT2D eigenvalue weighted by atomic mass is 10.00. The van der Waals surface area contributed by atoms with Crippen molar-refractivity contribution in [3.8, 4) is 5.75 Å². The number of aryl methyl sites for hydroxylation is 1. The first-order chi connectivity index (χ1) is 8.74. The lowest BCUT2D eigenvalue weighted by Gasteiger charge is -2.18. The van der Waals surface area contributed by atoms with Crippen molar-refractivity contribution in [3.05, 3.63) is 57.3 Å². The van der Waals surface area contributed by atoms with E-state index >= 15 is 0 Å². The summed E-state index contributed by atoms with van der Waals surface area (Å²) in [5, 5.41) is 0. The van der Waals surface area contributed by atoms with E-state index in [1.54, 1.807) is 11.3 Å². The van der Waals surface area contributed by atoms with E-state index < -0.39 is 0 Å². The van der Waals surface area contributed by atoms with Crippen LogP contribution in [0, 0.1) is 6.92 Å². The first-order valence-electron chi connectivity index (χ1n) is 5.77. The number of ketones is 1. The second kappa shape index (κ2) is 4.42. The molecule has 1 aromatic carbocycles. The first-order valence-corrected chi connectivity index (χ1v) is 6.59. The standard InChI is InChI=1S/C15H12O2S/c1-10-6-7-12(18-10)8-11-9-17-14-5-3-2-4-13(14)15(11)16/h2-8H,9H2,1H3. The highest BCUT2D eigenvalue weighted by Gasteiger charge is 2.22. The molecule has 2 heterocycles. The van der Waals surface area contributed by atoms with Gasteiger partial charge in [-0.3, -0.25) is 4.79 Å². The van der Waals surface area contributed by atoms with E-state index in [2.05, 4.69) is 13.0 Å². The molecule has 0 fully saturated rings. The molecule has 0 radical (unpaired) electrons. The summed E-state index contributed by atoms with van der Waals surface area (Å²) in [4.78, 5) is 14.6. The first kappa shape index (κ1) is 11.2. The van der Waals surface area contributed by atoms with Gasteiger partial charge in [-0.1, -0.05) is 12.1 Å². The number of thiophene rings is 1. The van der Waals surface area contributed by atoms with E-state index in [0.717, 1.165) is 10.5 Å². The van der Waals surface area contributed by atoms with E-state index in [0.29, 0.717) is 17.9 Å². The fourth-order valence-electron chi connectivity index (χ4n) is 1.98.